The van der Waals surface area contributed by atoms with E-state index in [0.29, 0.717) is 5.82 Å². The van der Waals surface area contributed by atoms with Crippen LogP contribution in [0.25, 0.3) is 11.3 Å². The molecule has 3 rings (SSSR count). The van der Waals surface area contributed by atoms with Crippen LogP contribution in [0.1, 0.15) is 5.56 Å². The molecule has 2 N–H and O–H groups in total. The predicted octanol–water partition coefficient (Wildman–Crippen LogP) is 2.18. The predicted molar refractivity (Wildman–Crippen MR) is 93.3 cm³/mol. The molecule has 1 saturated heterocycles. The zero-order valence-corrected chi connectivity index (χ0v) is 14.1. The molecule has 24 heavy (non-hydrogen) atoms. The van der Waals surface area contributed by atoms with Crippen LogP contribution in [0, 0.1) is 0 Å². The van der Waals surface area contributed by atoms with Crippen LogP contribution < -0.4 is 15.2 Å². The van der Waals surface area contributed by atoms with Crippen molar-refractivity contribution in [2.75, 3.05) is 46.3 Å². The average molecular weight is 329 g/mol. The molecule has 0 atom stereocenters. The van der Waals surface area contributed by atoms with Crippen LogP contribution in [0.4, 0.5) is 5.82 Å². The van der Waals surface area contributed by atoms with Gasteiger partial charge in [-0.3, -0.25) is 4.90 Å². The molecule has 0 saturated carbocycles. The number of hydrogen-bond acceptors (Lipinski definition) is 6. The van der Waals surface area contributed by atoms with Crippen molar-refractivity contribution in [3.05, 3.63) is 35.9 Å². The fourth-order valence-corrected chi connectivity index (χ4v) is 2.89. The molecule has 1 aliphatic rings. The number of benzene rings is 1. The van der Waals surface area contributed by atoms with E-state index in [1.807, 2.05) is 24.3 Å². The minimum atomic E-state index is 0.478. The Hall–Kier alpha value is -2.31. The van der Waals surface area contributed by atoms with Crippen molar-refractivity contribution in [3.8, 4) is 22.8 Å². The first-order valence-electron chi connectivity index (χ1n) is 7.99. The quantitative estimate of drug-likeness (QED) is 0.907. The first-order valence-corrected chi connectivity index (χ1v) is 7.99. The minimum Gasteiger partial charge on any atom is -0.496 e. The van der Waals surface area contributed by atoms with Crippen molar-refractivity contribution in [3.63, 3.8) is 0 Å². The number of pyridine rings is 1. The maximum atomic E-state index is 5.81. The average Bonchev–Trinajstić information content (AvgIpc) is 2.62. The van der Waals surface area contributed by atoms with Crippen LogP contribution in [0.5, 0.6) is 11.5 Å². The zero-order valence-electron chi connectivity index (χ0n) is 14.1. The van der Waals surface area contributed by atoms with Crippen molar-refractivity contribution in [1.29, 1.82) is 0 Å². The number of methoxy groups -OCH3 is 2. The van der Waals surface area contributed by atoms with Gasteiger partial charge < -0.3 is 19.9 Å². The summed E-state index contributed by atoms with van der Waals surface area (Å²) in [6.07, 6.45) is 0. The minimum absolute atomic E-state index is 0.478. The molecule has 1 aliphatic heterocycles. The Labute approximate surface area is 142 Å². The number of ether oxygens (including phenoxy) is 3. The van der Waals surface area contributed by atoms with E-state index in [2.05, 4.69) is 9.88 Å². The number of nitrogens with two attached hydrogens (primary N) is 1. The molecule has 6 heteroatoms. The normalized spacial score (nSPS) is 15.2. The summed E-state index contributed by atoms with van der Waals surface area (Å²) < 4.78 is 16.6. The van der Waals surface area contributed by atoms with Gasteiger partial charge in [0.2, 0.25) is 0 Å². The van der Waals surface area contributed by atoms with Crippen molar-refractivity contribution < 1.29 is 14.2 Å². The number of aromatic nitrogens is 1. The van der Waals surface area contributed by atoms with E-state index in [1.165, 1.54) is 0 Å². The monoisotopic (exact) mass is 329 g/mol. The van der Waals surface area contributed by atoms with E-state index < -0.39 is 0 Å². The molecule has 6 nitrogen and oxygen atoms in total. The van der Waals surface area contributed by atoms with Crippen molar-refractivity contribution >= 4 is 5.82 Å². The van der Waals surface area contributed by atoms with E-state index in [4.69, 9.17) is 19.9 Å². The lowest BCUT2D eigenvalue weighted by molar-refractivity contribution is 0.0338. The Morgan fingerprint density at radius 3 is 2.54 bits per heavy atom. The zero-order chi connectivity index (χ0) is 16.9. The summed E-state index contributed by atoms with van der Waals surface area (Å²) in [5.74, 6) is 2.06. The second-order valence-corrected chi connectivity index (χ2v) is 5.70. The highest BCUT2D eigenvalue weighted by Crippen LogP contribution is 2.36. The molecular weight excluding hydrogens is 306 g/mol. The second kappa shape index (κ2) is 7.51. The summed E-state index contributed by atoms with van der Waals surface area (Å²) in [6.45, 7) is 4.18. The summed E-state index contributed by atoms with van der Waals surface area (Å²) in [6, 6.07) is 9.55. The summed E-state index contributed by atoms with van der Waals surface area (Å²) in [4.78, 5) is 6.73. The fourth-order valence-electron chi connectivity index (χ4n) is 2.89. The Bertz CT molecular complexity index is 700. The van der Waals surface area contributed by atoms with Gasteiger partial charge in [-0.15, -0.1) is 0 Å². The van der Waals surface area contributed by atoms with E-state index in [1.54, 1.807) is 20.3 Å². The molecular formula is C18H23N3O3. The molecule has 128 valence electrons. The highest BCUT2D eigenvalue weighted by Gasteiger charge is 2.17. The van der Waals surface area contributed by atoms with Gasteiger partial charge in [-0.1, -0.05) is 6.07 Å². The molecule has 0 unspecified atom stereocenters. The Kier molecular flexibility index (Phi) is 5.17. The largest absolute Gasteiger partial charge is 0.496 e. The van der Waals surface area contributed by atoms with Gasteiger partial charge >= 0.3 is 0 Å². The van der Waals surface area contributed by atoms with E-state index in [0.717, 1.165) is 61.2 Å². The summed E-state index contributed by atoms with van der Waals surface area (Å²) in [5, 5.41) is 0. The maximum Gasteiger partial charge on any atom is 0.128 e. The Balaban J connectivity index is 1.96. The number of morpholine rings is 1. The molecule has 1 aromatic carbocycles. The lowest BCUT2D eigenvalue weighted by Gasteiger charge is -2.27. The molecule has 1 fully saturated rings. The van der Waals surface area contributed by atoms with Gasteiger partial charge in [0.25, 0.3) is 0 Å². The van der Waals surface area contributed by atoms with Crippen molar-refractivity contribution in [1.82, 2.24) is 9.88 Å². The Morgan fingerprint density at radius 1 is 1.12 bits per heavy atom. The third kappa shape index (κ3) is 3.60. The molecule has 2 heterocycles. The van der Waals surface area contributed by atoms with Crippen LogP contribution in [-0.2, 0) is 11.3 Å². The van der Waals surface area contributed by atoms with E-state index in [-0.39, 0.29) is 0 Å². The summed E-state index contributed by atoms with van der Waals surface area (Å²) in [7, 11) is 3.34. The summed E-state index contributed by atoms with van der Waals surface area (Å²) >= 11 is 0. The molecule has 0 spiro atoms. The van der Waals surface area contributed by atoms with Crippen molar-refractivity contribution in [2.45, 2.75) is 6.54 Å². The maximum absolute atomic E-state index is 5.81. The van der Waals surface area contributed by atoms with E-state index >= 15 is 0 Å². The van der Waals surface area contributed by atoms with Crippen LogP contribution >= 0.6 is 0 Å². The third-order valence-corrected chi connectivity index (χ3v) is 4.15. The van der Waals surface area contributed by atoms with Crippen molar-refractivity contribution in [2.24, 2.45) is 0 Å². The number of nitrogens with zero attached hydrogens (tertiary/aromatic N) is 2. The van der Waals surface area contributed by atoms with Gasteiger partial charge in [0.15, 0.2) is 0 Å². The highest BCUT2D eigenvalue weighted by molar-refractivity contribution is 5.71. The van der Waals surface area contributed by atoms with Gasteiger partial charge in [0, 0.05) is 30.8 Å². The van der Waals surface area contributed by atoms with E-state index in [9.17, 15) is 0 Å². The van der Waals surface area contributed by atoms with Gasteiger partial charge in [-0.05, 0) is 24.3 Å². The number of hydrogen-bond donors (Lipinski definition) is 1. The van der Waals surface area contributed by atoms with Gasteiger partial charge in [-0.25, -0.2) is 4.98 Å². The van der Waals surface area contributed by atoms with Crippen LogP contribution in [-0.4, -0.2) is 50.4 Å². The van der Waals surface area contributed by atoms with Crippen LogP contribution in [0.3, 0.4) is 0 Å². The SMILES string of the molecule is COc1cc(-c2cccc(N)n2)c(OC)cc1CN1CCOCC1. The fraction of sp³-hybridized carbons (Fsp3) is 0.389. The molecule has 0 radical (unpaired) electrons. The molecule has 0 bridgehead atoms. The van der Waals surface area contributed by atoms with Gasteiger partial charge in [-0.2, -0.15) is 0 Å². The van der Waals surface area contributed by atoms with Crippen LogP contribution in [0.2, 0.25) is 0 Å². The lowest BCUT2D eigenvalue weighted by Crippen LogP contribution is -2.35. The molecule has 1 aromatic heterocycles. The molecule has 0 amide bonds. The Morgan fingerprint density at radius 2 is 1.88 bits per heavy atom. The smallest absolute Gasteiger partial charge is 0.128 e. The summed E-state index contributed by atoms with van der Waals surface area (Å²) in [5.41, 5.74) is 8.53. The highest BCUT2D eigenvalue weighted by atomic mass is 16.5. The van der Waals surface area contributed by atoms with Gasteiger partial charge in [0.1, 0.15) is 17.3 Å². The van der Waals surface area contributed by atoms with Crippen LogP contribution in [0.15, 0.2) is 30.3 Å². The topological polar surface area (TPSA) is 69.8 Å². The third-order valence-electron chi connectivity index (χ3n) is 4.15. The standard InChI is InChI=1S/C18H23N3O3/c1-22-16-11-14(15-4-3-5-18(19)20-15)17(23-2)10-13(16)12-21-6-8-24-9-7-21/h3-5,10-11H,6-9,12H2,1-2H3,(H2,19,20). The molecule has 2 aromatic rings. The first kappa shape index (κ1) is 16.5. The van der Waals surface area contributed by atoms with Gasteiger partial charge in [0.05, 0.1) is 33.1 Å². The second-order valence-electron chi connectivity index (χ2n) is 5.70. The molecule has 0 aliphatic carbocycles. The number of rotatable bonds is 5. The number of nitrogen functional groups attached to an aromatic ring is 1. The number of anilines is 1. The lowest BCUT2D eigenvalue weighted by atomic mass is 10.0. The first-order chi connectivity index (χ1) is 11.7.